The maximum absolute atomic E-state index is 11.7. The summed E-state index contributed by atoms with van der Waals surface area (Å²) in [5.74, 6) is 0.285. The second-order valence-electron chi connectivity index (χ2n) is 4.98. The average molecular weight is 291 g/mol. The molecule has 0 aromatic heterocycles. The Balaban J connectivity index is 2.33. The van der Waals surface area contributed by atoms with Crippen molar-refractivity contribution < 1.29 is 17.9 Å². The van der Waals surface area contributed by atoms with Gasteiger partial charge in [0.25, 0.3) is 0 Å². The minimum atomic E-state index is -2.88. The van der Waals surface area contributed by atoms with E-state index in [1.807, 2.05) is 6.92 Å². The van der Waals surface area contributed by atoms with Gasteiger partial charge in [-0.25, -0.2) is 8.42 Å². The van der Waals surface area contributed by atoms with Gasteiger partial charge in [-0.2, -0.15) is 0 Å². The van der Waals surface area contributed by atoms with Crippen molar-refractivity contribution >= 4 is 15.8 Å². The molecule has 1 saturated heterocycles. The number of likely N-dealkylation sites (tertiary alicyclic amines) is 1. The summed E-state index contributed by atoms with van der Waals surface area (Å²) in [6.45, 7) is 6.30. The average Bonchev–Trinajstić information content (AvgIpc) is 2.39. The van der Waals surface area contributed by atoms with E-state index in [1.165, 1.54) is 0 Å². The predicted molar refractivity (Wildman–Crippen MR) is 74.7 cm³/mol. The monoisotopic (exact) mass is 291 g/mol. The minimum Gasteiger partial charge on any atom is -0.466 e. The molecule has 1 atom stereocenters. The first-order chi connectivity index (χ1) is 8.98. The second-order valence-corrected chi connectivity index (χ2v) is 7.45. The molecule has 0 spiro atoms. The molecule has 1 aliphatic heterocycles. The molecule has 0 saturated carbocycles. The van der Waals surface area contributed by atoms with Gasteiger partial charge in [0.2, 0.25) is 0 Å². The number of piperidine rings is 1. The molecule has 0 unspecified atom stereocenters. The Kier molecular flexibility index (Phi) is 6.79. The minimum absolute atomic E-state index is 0.0449. The van der Waals surface area contributed by atoms with Crippen LogP contribution in [0.25, 0.3) is 0 Å². The SMILES string of the molecule is CCOC(=O)[C@H]1CCCN(CCCS(=O)(=O)CC)C1. The van der Waals surface area contributed by atoms with Crippen molar-refractivity contribution in [2.75, 3.05) is 37.7 Å². The molecule has 1 heterocycles. The van der Waals surface area contributed by atoms with Crippen LogP contribution in [0.1, 0.15) is 33.1 Å². The number of nitrogens with zero attached hydrogens (tertiary/aromatic N) is 1. The molecule has 5 nitrogen and oxygen atoms in total. The molecule has 6 heteroatoms. The Labute approximate surface area is 116 Å². The largest absolute Gasteiger partial charge is 0.466 e. The summed E-state index contributed by atoms with van der Waals surface area (Å²) >= 11 is 0. The number of sulfone groups is 1. The van der Waals surface area contributed by atoms with E-state index in [0.29, 0.717) is 19.6 Å². The number of esters is 1. The summed E-state index contributed by atoms with van der Waals surface area (Å²) in [5, 5.41) is 0. The summed E-state index contributed by atoms with van der Waals surface area (Å²) < 4.78 is 27.9. The Morgan fingerprint density at radius 1 is 1.37 bits per heavy atom. The highest BCUT2D eigenvalue weighted by molar-refractivity contribution is 7.91. The molecule has 0 N–H and O–H groups in total. The molecule has 1 rings (SSSR count). The number of rotatable bonds is 7. The molecule has 0 aromatic carbocycles. The van der Waals surface area contributed by atoms with E-state index in [1.54, 1.807) is 6.92 Å². The van der Waals surface area contributed by atoms with Crippen molar-refractivity contribution in [2.45, 2.75) is 33.1 Å². The normalized spacial score (nSPS) is 21.3. The Hall–Kier alpha value is -0.620. The summed E-state index contributed by atoms with van der Waals surface area (Å²) in [6, 6.07) is 0. The highest BCUT2D eigenvalue weighted by Crippen LogP contribution is 2.18. The van der Waals surface area contributed by atoms with Crippen molar-refractivity contribution in [1.82, 2.24) is 4.90 Å². The molecular weight excluding hydrogens is 266 g/mol. The molecule has 19 heavy (non-hydrogen) atoms. The van der Waals surface area contributed by atoms with Crippen LogP contribution >= 0.6 is 0 Å². The predicted octanol–water partition coefficient (Wildman–Crippen LogP) is 1.09. The van der Waals surface area contributed by atoms with Crippen LogP contribution in [0.3, 0.4) is 0 Å². The zero-order valence-electron chi connectivity index (χ0n) is 11.9. The van der Waals surface area contributed by atoms with Crippen LogP contribution in [-0.2, 0) is 19.4 Å². The summed E-state index contributed by atoms with van der Waals surface area (Å²) in [5.41, 5.74) is 0. The fourth-order valence-electron chi connectivity index (χ4n) is 2.36. The van der Waals surface area contributed by atoms with E-state index >= 15 is 0 Å². The van der Waals surface area contributed by atoms with Crippen LogP contribution in [0.4, 0.5) is 0 Å². The second kappa shape index (κ2) is 7.85. The zero-order chi connectivity index (χ0) is 14.3. The topological polar surface area (TPSA) is 63.7 Å². The van der Waals surface area contributed by atoms with Gasteiger partial charge in [-0.1, -0.05) is 6.92 Å². The first-order valence-corrected chi connectivity index (χ1v) is 8.90. The van der Waals surface area contributed by atoms with Crippen molar-refractivity contribution in [1.29, 1.82) is 0 Å². The van der Waals surface area contributed by atoms with E-state index in [9.17, 15) is 13.2 Å². The van der Waals surface area contributed by atoms with Gasteiger partial charge in [0.05, 0.1) is 18.3 Å². The van der Waals surface area contributed by atoms with Crippen molar-refractivity contribution in [3.05, 3.63) is 0 Å². The van der Waals surface area contributed by atoms with Crippen molar-refractivity contribution in [2.24, 2.45) is 5.92 Å². The zero-order valence-corrected chi connectivity index (χ0v) is 12.7. The van der Waals surface area contributed by atoms with Gasteiger partial charge in [-0.3, -0.25) is 4.79 Å². The third-order valence-electron chi connectivity index (χ3n) is 3.49. The molecular formula is C13H25NO4S. The van der Waals surface area contributed by atoms with Crippen LogP contribution in [0.5, 0.6) is 0 Å². The summed E-state index contributed by atoms with van der Waals surface area (Å²) in [7, 11) is -2.88. The fraction of sp³-hybridized carbons (Fsp3) is 0.923. The summed E-state index contributed by atoms with van der Waals surface area (Å²) in [6.07, 6.45) is 2.50. The lowest BCUT2D eigenvalue weighted by Crippen LogP contribution is -2.40. The van der Waals surface area contributed by atoms with E-state index in [-0.39, 0.29) is 23.4 Å². The molecule has 0 amide bonds. The molecule has 0 bridgehead atoms. The quantitative estimate of drug-likeness (QED) is 0.657. The van der Waals surface area contributed by atoms with E-state index in [4.69, 9.17) is 4.74 Å². The van der Waals surface area contributed by atoms with Gasteiger partial charge in [-0.05, 0) is 39.3 Å². The first kappa shape index (κ1) is 16.4. The molecule has 112 valence electrons. The van der Waals surface area contributed by atoms with E-state index < -0.39 is 9.84 Å². The number of hydrogen-bond acceptors (Lipinski definition) is 5. The highest BCUT2D eigenvalue weighted by Gasteiger charge is 2.26. The lowest BCUT2D eigenvalue weighted by atomic mass is 9.98. The van der Waals surface area contributed by atoms with Crippen LogP contribution in [0.2, 0.25) is 0 Å². The van der Waals surface area contributed by atoms with E-state index in [0.717, 1.165) is 25.9 Å². The lowest BCUT2D eigenvalue weighted by Gasteiger charge is -2.31. The smallest absolute Gasteiger partial charge is 0.310 e. The molecule has 1 fully saturated rings. The van der Waals surface area contributed by atoms with Crippen LogP contribution in [0.15, 0.2) is 0 Å². The van der Waals surface area contributed by atoms with Gasteiger partial charge >= 0.3 is 5.97 Å². The molecule has 0 aliphatic carbocycles. The van der Waals surface area contributed by atoms with Gasteiger partial charge in [0.1, 0.15) is 9.84 Å². The first-order valence-electron chi connectivity index (χ1n) is 7.08. The Bertz CT molecular complexity index is 380. The highest BCUT2D eigenvalue weighted by atomic mass is 32.2. The number of ether oxygens (including phenoxy) is 1. The van der Waals surface area contributed by atoms with Gasteiger partial charge in [0.15, 0.2) is 0 Å². The van der Waals surface area contributed by atoms with Crippen LogP contribution < -0.4 is 0 Å². The third-order valence-corrected chi connectivity index (χ3v) is 5.29. The van der Waals surface area contributed by atoms with Crippen LogP contribution in [0, 0.1) is 5.92 Å². The van der Waals surface area contributed by atoms with Gasteiger partial charge < -0.3 is 9.64 Å². The molecule has 0 radical (unpaired) electrons. The fourth-order valence-corrected chi connectivity index (χ4v) is 3.22. The maximum atomic E-state index is 11.7. The molecule has 1 aliphatic rings. The maximum Gasteiger partial charge on any atom is 0.310 e. The van der Waals surface area contributed by atoms with Gasteiger partial charge in [-0.15, -0.1) is 0 Å². The number of carbonyl (C=O) groups is 1. The van der Waals surface area contributed by atoms with Crippen molar-refractivity contribution in [3.8, 4) is 0 Å². The Morgan fingerprint density at radius 2 is 2.11 bits per heavy atom. The molecule has 0 aromatic rings. The summed E-state index contributed by atoms with van der Waals surface area (Å²) in [4.78, 5) is 13.9. The lowest BCUT2D eigenvalue weighted by molar-refractivity contribution is -0.149. The van der Waals surface area contributed by atoms with Gasteiger partial charge in [0, 0.05) is 12.3 Å². The third kappa shape index (κ3) is 5.91. The van der Waals surface area contributed by atoms with E-state index in [2.05, 4.69) is 4.90 Å². The number of hydrogen-bond donors (Lipinski definition) is 0. The number of carbonyl (C=O) groups excluding carboxylic acids is 1. The van der Waals surface area contributed by atoms with Crippen LogP contribution in [-0.4, -0.2) is 57.0 Å². The van der Waals surface area contributed by atoms with Crippen molar-refractivity contribution in [3.63, 3.8) is 0 Å². The standard InChI is InChI=1S/C13H25NO4S/c1-3-18-13(15)12-7-5-8-14(11-12)9-6-10-19(16,17)4-2/h12H,3-11H2,1-2H3/t12-/m0/s1. The Morgan fingerprint density at radius 3 is 2.74 bits per heavy atom.